The van der Waals surface area contributed by atoms with Crippen molar-refractivity contribution < 1.29 is 18.0 Å². The van der Waals surface area contributed by atoms with Crippen LogP contribution in [0.15, 0.2) is 53.7 Å². The number of nitrogens with one attached hydrogen (secondary N) is 1. The summed E-state index contributed by atoms with van der Waals surface area (Å²) in [5, 5.41) is 11.8. The van der Waals surface area contributed by atoms with Gasteiger partial charge in [0.25, 0.3) is 0 Å². The Morgan fingerprint density at radius 2 is 1.90 bits per heavy atom. The Kier molecular flexibility index (Phi) is 6.26. The molecular weight excluding hydrogens is 401 g/mol. The van der Waals surface area contributed by atoms with Gasteiger partial charge in [-0.15, -0.1) is 10.2 Å². The molecule has 0 aliphatic heterocycles. The summed E-state index contributed by atoms with van der Waals surface area (Å²) in [7, 11) is 0. The number of hydrogen-bond acceptors (Lipinski definition) is 5. The molecule has 0 aliphatic carbocycles. The lowest BCUT2D eigenvalue weighted by molar-refractivity contribution is -0.137. The maximum atomic E-state index is 13.2. The number of carbonyl (C=O) groups is 1. The minimum absolute atomic E-state index is 0.0619. The quantitative estimate of drug-likeness (QED) is 0.552. The number of thioether (sulfide) groups is 1. The van der Waals surface area contributed by atoms with E-state index in [1.54, 1.807) is 10.6 Å². The highest BCUT2D eigenvalue weighted by molar-refractivity contribution is 7.99. The van der Waals surface area contributed by atoms with Crippen LogP contribution in [0.25, 0.3) is 5.69 Å². The lowest BCUT2D eigenvalue weighted by atomic mass is 10.2. The molecule has 0 radical (unpaired) electrons. The van der Waals surface area contributed by atoms with Crippen LogP contribution in [-0.4, -0.2) is 26.3 Å². The number of Topliss-reactive ketones (excluding diaryl/α,β-unsaturated/α-hetero) is 1. The molecule has 1 aromatic heterocycles. The fourth-order valence-corrected chi connectivity index (χ4v) is 3.47. The summed E-state index contributed by atoms with van der Waals surface area (Å²) >= 11 is 1.14. The predicted octanol–water partition coefficient (Wildman–Crippen LogP) is 4.89. The summed E-state index contributed by atoms with van der Waals surface area (Å²) in [6.45, 7) is 3.65. The Labute approximate surface area is 170 Å². The van der Waals surface area contributed by atoms with Gasteiger partial charge in [0, 0.05) is 5.69 Å². The number of aromatic nitrogens is 3. The molecule has 0 unspecified atom stereocenters. The Morgan fingerprint density at radius 1 is 1.14 bits per heavy atom. The number of nitrogens with zero attached hydrogens (tertiary/aromatic N) is 3. The van der Waals surface area contributed by atoms with E-state index in [0.717, 1.165) is 35.1 Å². The molecule has 29 heavy (non-hydrogen) atoms. The molecule has 0 saturated carbocycles. The number of benzene rings is 2. The third-order valence-electron chi connectivity index (χ3n) is 4.12. The summed E-state index contributed by atoms with van der Waals surface area (Å²) in [4.78, 5) is 11.4. The van der Waals surface area contributed by atoms with Crippen LogP contribution in [0.2, 0.25) is 0 Å². The minimum atomic E-state index is -4.46. The average Bonchev–Trinajstić information content (AvgIpc) is 3.08. The number of anilines is 1. The van der Waals surface area contributed by atoms with E-state index in [0.29, 0.717) is 11.0 Å². The number of halogens is 3. The number of ketones is 1. The predicted molar refractivity (Wildman–Crippen MR) is 106 cm³/mol. The van der Waals surface area contributed by atoms with E-state index >= 15 is 0 Å². The Morgan fingerprint density at radius 3 is 2.59 bits per heavy atom. The molecule has 1 N–H and O–H groups in total. The van der Waals surface area contributed by atoms with Gasteiger partial charge in [0.2, 0.25) is 0 Å². The third-order valence-corrected chi connectivity index (χ3v) is 5.19. The molecule has 2 aromatic carbocycles. The largest absolute Gasteiger partial charge is 0.416 e. The summed E-state index contributed by atoms with van der Waals surface area (Å²) in [6, 6.07) is 12.6. The molecular formula is C20H19F3N4OS. The number of hydrogen-bond donors (Lipinski definition) is 1. The van der Waals surface area contributed by atoms with Gasteiger partial charge in [-0.05, 0) is 43.7 Å². The summed E-state index contributed by atoms with van der Waals surface area (Å²) in [6.07, 6.45) is -4.46. The Bertz CT molecular complexity index is 1020. The first-order valence-corrected chi connectivity index (χ1v) is 9.78. The Hall–Kier alpha value is -2.81. The molecule has 152 valence electrons. The third kappa shape index (κ3) is 5.17. The second-order valence-corrected chi connectivity index (χ2v) is 7.38. The van der Waals surface area contributed by atoms with E-state index in [4.69, 9.17) is 0 Å². The zero-order valence-electron chi connectivity index (χ0n) is 15.8. The van der Waals surface area contributed by atoms with Crippen LogP contribution in [0.4, 0.5) is 18.9 Å². The highest BCUT2D eigenvalue weighted by Crippen LogP contribution is 2.32. The standard InChI is InChI=1S/C20H19F3N4OS/c1-13-6-3-4-9-17(13)24-11-18-25-26-19(29-12-14(2)28)27(18)16-8-5-7-15(10-16)20(21,22)23/h3-10,24H,11-12H2,1-2H3. The van der Waals surface area contributed by atoms with Crippen LogP contribution in [0.5, 0.6) is 0 Å². The number of aryl methyl sites for hydroxylation is 1. The lowest BCUT2D eigenvalue weighted by Crippen LogP contribution is -2.11. The fraction of sp³-hybridized carbons (Fsp3) is 0.250. The topological polar surface area (TPSA) is 59.8 Å². The van der Waals surface area contributed by atoms with Crippen LogP contribution in [0.1, 0.15) is 23.9 Å². The van der Waals surface area contributed by atoms with E-state index in [9.17, 15) is 18.0 Å². The van der Waals surface area contributed by atoms with Gasteiger partial charge in [0.1, 0.15) is 5.78 Å². The summed E-state index contributed by atoms with van der Waals surface area (Å²) < 4.78 is 41.1. The molecule has 0 aliphatic rings. The van der Waals surface area contributed by atoms with Crippen molar-refractivity contribution in [3.05, 3.63) is 65.5 Å². The van der Waals surface area contributed by atoms with E-state index < -0.39 is 11.7 Å². The van der Waals surface area contributed by atoms with Crippen molar-refractivity contribution >= 4 is 23.2 Å². The van der Waals surface area contributed by atoms with Gasteiger partial charge in [-0.3, -0.25) is 9.36 Å². The van der Waals surface area contributed by atoms with Crippen LogP contribution < -0.4 is 5.32 Å². The first-order valence-electron chi connectivity index (χ1n) is 8.79. The Balaban J connectivity index is 1.97. The number of para-hydroxylation sites is 1. The molecule has 0 amide bonds. The zero-order chi connectivity index (χ0) is 21.0. The van der Waals surface area contributed by atoms with Crippen molar-refractivity contribution in [2.75, 3.05) is 11.1 Å². The highest BCUT2D eigenvalue weighted by atomic mass is 32.2. The van der Waals surface area contributed by atoms with Gasteiger partial charge in [0.15, 0.2) is 11.0 Å². The molecule has 0 saturated heterocycles. The second-order valence-electron chi connectivity index (χ2n) is 6.44. The smallest absolute Gasteiger partial charge is 0.378 e. The normalized spacial score (nSPS) is 11.5. The maximum Gasteiger partial charge on any atom is 0.416 e. The van der Waals surface area contributed by atoms with Crippen molar-refractivity contribution in [2.24, 2.45) is 0 Å². The maximum absolute atomic E-state index is 13.2. The molecule has 3 rings (SSSR count). The zero-order valence-corrected chi connectivity index (χ0v) is 16.6. The van der Waals surface area contributed by atoms with Crippen molar-refractivity contribution in [1.82, 2.24) is 14.8 Å². The fourth-order valence-electron chi connectivity index (χ4n) is 2.70. The molecule has 0 atom stereocenters. The monoisotopic (exact) mass is 420 g/mol. The lowest BCUT2D eigenvalue weighted by Gasteiger charge is -2.14. The van der Waals surface area contributed by atoms with Crippen LogP contribution in [0.3, 0.4) is 0 Å². The van der Waals surface area contributed by atoms with E-state index in [2.05, 4.69) is 15.5 Å². The molecule has 9 heteroatoms. The highest BCUT2D eigenvalue weighted by Gasteiger charge is 2.31. The van der Waals surface area contributed by atoms with Gasteiger partial charge in [-0.1, -0.05) is 36.0 Å². The number of rotatable bonds is 7. The number of alkyl halides is 3. The summed E-state index contributed by atoms with van der Waals surface area (Å²) in [5.41, 5.74) is 1.45. The van der Waals surface area contributed by atoms with Gasteiger partial charge in [0.05, 0.1) is 23.5 Å². The first-order chi connectivity index (χ1) is 13.8. The van der Waals surface area contributed by atoms with Gasteiger partial charge >= 0.3 is 6.18 Å². The number of carbonyl (C=O) groups excluding carboxylic acids is 1. The molecule has 3 aromatic rings. The first kappa shape index (κ1) is 20.9. The van der Waals surface area contributed by atoms with Crippen molar-refractivity contribution in [2.45, 2.75) is 31.7 Å². The van der Waals surface area contributed by atoms with Crippen molar-refractivity contribution in [1.29, 1.82) is 0 Å². The van der Waals surface area contributed by atoms with Crippen molar-refractivity contribution in [3.8, 4) is 5.69 Å². The second kappa shape index (κ2) is 8.69. The molecule has 0 spiro atoms. The van der Waals surface area contributed by atoms with E-state index in [1.807, 2.05) is 31.2 Å². The molecule has 0 bridgehead atoms. The molecule has 5 nitrogen and oxygen atoms in total. The van der Waals surface area contributed by atoms with Gasteiger partial charge in [-0.2, -0.15) is 13.2 Å². The van der Waals surface area contributed by atoms with E-state index in [-0.39, 0.29) is 23.8 Å². The van der Waals surface area contributed by atoms with E-state index in [1.165, 1.54) is 13.0 Å². The van der Waals surface area contributed by atoms with Crippen LogP contribution in [0, 0.1) is 6.92 Å². The minimum Gasteiger partial charge on any atom is -0.378 e. The SMILES string of the molecule is CC(=O)CSc1nnc(CNc2ccccc2C)n1-c1cccc(C(F)(F)F)c1. The van der Waals surface area contributed by atoms with Gasteiger partial charge in [-0.25, -0.2) is 0 Å². The summed E-state index contributed by atoms with van der Waals surface area (Å²) in [5.74, 6) is 0.536. The average molecular weight is 420 g/mol. The van der Waals surface area contributed by atoms with Crippen LogP contribution >= 0.6 is 11.8 Å². The molecule has 1 heterocycles. The van der Waals surface area contributed by atoms with Crippen LogP contribution in [-0.2, 0) is 17.5 Å². The molecule has 0 fully saturated rings. The van der Waals surface area contributed by atoms with Crippen molar-refractivity contribution in [3.63, 3.8) is 0 Å². The van der Waals surface area contributed by atoms with Gasteiger partial charge < -0.3 is 5.32 Å².